The molecule has 0 bridgehead atoms. The van der Waals surface area contributed by atoms with E-state index in [4.69, 9.17) is 5.41 Å². The molecule has 4 N–H and O–H groups in total. The number of hydrogen-bond donors (Lipinski definition) is 4. The Kier molecular flexibility index (Phi) is 4.41. The largest absolute Gasteiger partial charge is 0.495 e. The molecule has 0 saturated heterocycles. The average molecular weight is 355 g/mol. The Morgan fingerprint density at radius 2 is 2.15 bits per heavy atom. The standard InChI is InChI=1S/C18H18FN5O2/c1-18(2)11-9-22-16(23-15(11)24-17(18)26)13(20)7-14(25)21-8-10-5-3-4-6-12(10)19/h3-7,9,20-21,25H,8H2,1-2H3,(H,22,23,24,26)/b14-7+,20-13?. The predicted molar refractivity (Wildman–Crippen MR) is 94.5 cm³/mol. The van der Waals surface area contributed by atoms with Gasteiger partial charge in [-0.25, -0.2) is 14.4 Å². The molecule has 26 heavy (non-hydrogen) atoms. The van der Waals surface area contributed by atoms with Crippen LogP contribution in [-0.4, -0.2) is 26.7 Å². The van der Waals surface area contributed by atoms with E-state index in [0.717, 1.165) is 6.08 Å². The Hall–Kier alpha value is -3.29. The van der Waals surface area contributed by atoms with Crippen LogP contribution in [0, 0.1) is 11.2 Å². The highest BCUT2D eigenvalue weighted by Crippen LogP contribution is 2.35. The van der Waals surface area contributed by atoms with Gasteiger partial charge in [0.05, 0.1) is 5.41 Å². The molecule has 1 aliphatic rings. The van der Waals surface area contributed by atoms with E-state index in [1.54, 1.807) is 32.0 Å². The van der Waals surface area contributed by atoms with Gasteiger partial charge in [0.2, 0.25) is 5.91 Å². The van der Waals surface area contributed by atoms with Crippen molar-refractivity contribution in [3.05, 3.63) is 65.2 Å². The quantitative estimate of drug-likeness (QED) is 0.486. The lowest BCUT2D eigenvalue weighted by atomic mass is 9.88. The minimum absolute atomic E-state index is 0.0565. The summed E-state index contributed by atoms with van der Waals surface area (Å²) in [4.78, 5) is 20.2. The summed E-state index contributed by atoms with van der Waals surface area (Å²) in [5.74, 6) is -0.465. The zero-order valence-electron chi connectivity index (χ0n) is 14.3. The highest BCUT2D eigenvalue weighted by molar-refractivity contribution is 6.07. The summed E-state index contributed by atoms with van der Waals surface area (Å²) < 4.78 is 13.6. The third-order valence-corrected chi connectivity index (χ3v) is 4.20. The Morgan fingerprint density at radius 1 is 1.42 bits per heavy atom. The second kappa shape index (κ2) is 6.55. The average Bonchev–Trinajstić information content (AvgIpc) is 2.83. The zero-order chi connectivity index (χ0) is 18.9. The van der Waals surface area contributed by atoms with Gasteiger partial charge >= 0.3 is 0 Å². The number of aliphatic hydroxyl groups is 1. The first-order valence-corrected chi connectivity index (χ1v) is 7.95. The molecule has 0 unspecified atom stereocenters. The molecule has 0 spiro atoms. The summed E-state index contributed by atoms with van der Waals surface area (Å²) in [5, 5.41) is 23.2. The van der Waals surface area contributed by atoms with Gasteiger partial charge in [-0.15, -0.1) is 0 Å². The number of benzene rings is 1. The number of rotatable bonds is 5. The van der Waals surface area contributed by atoms with Gasteiger partial charge < -0.3 is 15.7 Å². The number of nitrogens with one attached hydrogen (secondary N) is 3. The van der Waals surface area contributed by atoms with Crippen LogP contribution in [0.4, 0.5) is 10.2 Å². The molecule has 2 heterocycles. The maximum atomic E-state index is 13.6. The fraction of sp³-hybridized carbons (Fsp3) is 0.222. The number of aromatic nitrogens is 2. The first-order chi connectivity index (χ1) is 12.3. The summed E-state index contributed by atoms with van der Waals surface area (Å²) in [6.07, 6.45) is 2.63. The van der Waals surface area contributed by atoms with Gasteiger partial charge in [0.25, 0.3) is 0 Å². The highest BCUT2D eigenvalue weighted by atomic mass is 19.1. The summed E-state index contributed by atoms with van der Waals surface area (Å²) in [7, 11) is 0. The Labute approximate surface area is 149 Å². The Bertz CT molecular complexity index is 924. The zero-order valence-corrected chi connectivity index (χ0v) is 14.3. The van der Waals surface area contributed by atoms with Crippen molar-refractivity contribution in [1.29, 1.82) is 5.41 Å². The minimum Gasteiger partial charge on any atom is -0.495 e. The number of aliphatic hydroxyl groups excluding tert-OH is 1. The van der Waals surface area contributed by atoms with Crippen LogP contribution < -0.4 is 10.6 Å². The topological polar surface area (TPSA) is 111 Å². The molecule has 1 aromatic carbocycles. The third-order valence-electron chi connectivity index (χ3n) is 4.20. The fourth-order valence-corrected chi connectivity index (χ4v) is 2.53. The maximum Gasteiger partial charge on any atom is 0.235 e. The van der Waals surface area contributed by atoms with Crippen LogP contribution in [0.1, 0.15) is 30.8 Å². The molecule has 0 fully saturated rings. The molecular formula is C18H18FN5O2. The van der Waals surface area contributed by atoms with Crippen molar-refractivity contribution in [1.82, 2.24) is 15.3 Å². The monoisotopic (exact) mass is 355 g/mol. The number of carbonyl (C=O) groups is 1. The molecule has 0 radical (unpaired) electrons. The molecule has 8 heteroatoms. The molecule has 1 aromatic heterocycles. The van der Waals surface area contributed by atoms with Crippen molar-refractivity contribution >= 4 is 17.4 Å². The number of fused-ring (bicyclic) bond motifs is 1. The van der Waals surface area contributed by atoms with Crippen LogP contribution in [0.5, 0.6) is 0 Å². The van der Waals surface area contributed by atoms with Crippen LogP contribution in [0.3, 0.4) is 0 Å². The van der Waals surface area contributed by atoms with E-state index in [0.29, 0.717) is 16.9 Å². The van der Waals surface area contributed by atoms with Crippen molar-refractivity contribution in [2.45, 2.75) is 25.8 Å². The molecule has 2 aromatic rings. The normalized spacial score (nSPS) is 15.3. The van der Waals surface area contributed by atoms with Crippen LogP contribution in [-0.2, 0) is 16.8 Å². The van der Waals surface area contributed by atoms with Crippen LogP contribution in [0.2, 0.25) is 0 Å². The minimum atomic E-state index is -0.727. The number of halogens is 1. The number of allylic oxidation sites excluding steroid dienone is 1. The van der Waals surface area contributed by atoms with Crippen molar-refractivity contribution < 1.29 is 14.3 Å². The van der Waals surface area contributed by atoms with Crippen molar-refractivity contribution in [2.75, 3.05) is 5.32 Å². The lowest BCUT2D eigenvalue weighted by Gasteiger charge is -2.13. The Morgan fingerprint density at radius 3 is 2.88 bits per heavy atom. The van der Waals surface area contributed by atoms with Gasteiger partial charge in [-0.3, -0.25) is 10.2 Å². The summed E-state index contributed by atoms with van der Waals surface area (Å²) >= 11 is 0. The van der Waals surface area contributed by atoms with Gasteiger partial charge in [-0.1, -0.05) is 18.2 Å². The van der Waals surface area contributed by atoms with Gasteiger partial charge in [0.15, 0.2) is 11.7 Å². The summed E-state index contributed by atoms with van der Waals surface area (Å²) in [6.45, 7) is 3.60. The van der Waals surface area contributed by atoms with Gasteiger partial charge in [-0.2, -0.15) is 0 Å². The Balaban J connectivity index is 1.72. The lowest BCUT2D eigenvalue weighted by molar-refractivity contribution is -0.119. The first kappa shape index (κ1) is 17.5. The number of hydrogen-bond acceptors (Lipinski definition) is 6. The molecule has 1 amide bonds. The summed E-state index contributed by atoms with van der Waals surface area (Å²) in [5.41, 5.74) is 0.169. The number of amides is 1. The highest BCUT2D eigenvalue weighted by Gasteiger charge is 2.39. The van der Waals surface area contributed by atoms with E-state index in [-0.39, 0.29) is 35.7 Å². The molecular weight excluding hydrogens is 337 g/mol. The number of anilines is 1. The number of carbonyl (C=O) groups excluding carboxylic acids is 1. The van der Waals surface area contributed by atoms with E-state index in [1.807, 2.05) is 0 Å². The van der Waals surface area contributed by atoms with Gasteiger partial charge in [-0.05, 0) is 19.9 Å². The summed E-state index contributed by atoms with van der Waals surface area (Å²) in [6, 6.07) is 6.19. The van der Waals surface area contributed by atoms with Crippen LogP contribution in [0.15, 0.2) is 42.4 Å². The second-order valence-electron chi connectivity index (χ2n) is 6.42. The molecule has 0 atom stereocenters. The maximum absolute atomic E-state index is 13.6. The fourth-order valence-electron chi connectivity index (χ4n) is 2.53. The van der Waals surface area contributed by atoms with Gasteiger partial charge in [0.1, 0.15) is 17.3 Å². The van der Waals surface area contributed by atoms with Crippen LogP contribution in [0.25, 0.3) is 0 Å². The SMILES string of the molecule is CC1(C)C(=O)Nc2nc(C(=N)/C=C(/O)NCc3ccccc3F)ncc21. The van der Waals surface area contributed by atoms with E-state index >= 15 is 0 Å². The second-order valence-corrected chi connectivity index (χ2v) is 6.42. The lowest BCUT2D eigenvalue weighted by Crippen LogP contribution is -2.26. The van der Waals surface area contributed by atoms with Gasteiger partial charge in [0, 0.05) is 29.9 Å². The van der Waals surface area contributed by atoms with Crippen molar-refractivity contribution in [3.8, 4) is 0 Å². The number of nitrogens with zero attached hydrogens (tertiary/aromatic N) is 2. The molecule has 7 nitrogen and oxygen atoms in total. The van der Waals surface area contributed by atoms with E-state index in [1.165, 1.54) is 12.3 Å². The molecule has 0 aliphatic carbocycles. The third kappa shape index (κ3) is 3.26. The molecule has 1 aliphatic heterocycles. The first-order valence-electron chi connectivity index (χ1n) is 7.95. The van der Waals surface area contributed by atoms with E-state index in [9.17, 15) is 14.3 Å². The van der Waals surface area contributed by atoms with E-state index < -0.39 is 5.41 Å². The van der Waals surface area contributed by atoms with Crippen molar-refractivity contribution in [2.24, 2.45) is 0 Å². The van der Waals surface area contributed by atoms with Crippen molar-refractivity contribution in [3.63, 3.8) is 0 Å². The molecule has 3 rings (SSSR count). The van der Waals surface area contributed by atoms with Crippen LogP contribution >= 0.6 is 0 Å². The smallest absolute Gasteiger partial charge is 0.235 e. The predicted octanol–water partition coefficient (Wildman–Crippen LogP) is 2.40. The van der Waals surface area contributed by atoms with E-state index in [2.05, 4.69) is 20.6 Å². The molecule has 134 valence electrons. The molecule has 0 saturated carbocycles.